The van der Waals surface area contributed by atoms with Gasteiger partial charge >= 0.3 is 11.6 Å². The molecule has 5 nitrogen and oxygen atoms in total. The van der Waals surface area contributed by atoms with Crippen molar-refractivity contribution in [1.82, 2.24) is 0 Å². The van der Waals surface area contributed by atoms with Crippen molar-refractivity contribution in [3.8, 4) is 0 Å². The third kappa shape index (κ3) is 26.1. The number of nitrogens with zero attached hydrogens (tertiary/aromatic N) is 1. The maximum Gasteiger partial charge on any atom is 0.335 e. The van der Waals surface area contributed by atoms with Gasteiger partial charge in [-0.15, -0.1) is 4.91 Å². The Morgan fingerprint density at radius 1 is 1.50 bits per heavy atom. The predicted molar refractivity (Wildman–Crippen MR) is 16.5 cm³/mol. The molecule has 0 aliphatic carbocycles. The van der Waals surface area contributed by atoms with Crippen molar-refractivity contribution in [1.29, 1.82) is 0 Å². The molecule has 0 aromatic heterocycles. The number of rotatable bonds is 0. The summed E-state index contributed by atoms with van der Waals surface area (Å²) >= 11 is -0.750. The first kappa shape index (κ1) is 8.97. The van der Waals surface area contributed by atoms with E-state index in [0.29, 0.717) is 0 Å². The van der Waals surface area contributed by atoms with Gasteiger partial charge in [0.2, 0.25) is 0 Å². The highest BCUT2D eigenvalue weighted by atomic mass is 32.1. The Balaban J connectivity index is 0. The summed E-state index contributed by atoms with van der Waals surface area (Å²) in [6.07, 6.45) is 0. The quantitative estimate of drug-likeness (QED) is 0.336. The molecule has 0 rings (SSSR count). The highest BCUT2D eigenvalue weighted by molar-refractivity contribution is 7.51. The van der Waals surface area contributed by atoms with Gasteiger partial charge in [-0.05, 0) is 0 Å². The van der Waals surface area contributed by atoms with Gasteiger partial charge in [0.05, 0.1) is 0 Å². The van der Waals surface area contributed by atoms with Crippen LogP contribution in [0.15, 0.2) is 5.34 Å². The van der Waals surface area contributed by atoms with E-state index in [1.807, 2.05) is 0 Å². The molecular formula is HNO4S. The summed E-state index contributed by atoms with van der Waals surface area (Å²) in [7, 11) is 0. The lowest BCUT2D eigenvalue weighted by atomic mass is 13.4. The van der Waals surface area contributed by atoms with Crippen LogP contribution >= 0.6 is 0 Å². The fourth-order valence-electron chi connectivity index (χ4n) is 0. The topological polar surface area (TPSA) is 83.8 Å². The summed E-state index contributed by atoms with van der Waals surface area (Å²) in [5, 5.41) is 7.89. The van der Waals surface area contributed by atoms with E-state index in [-0.39, 0.29) is 0 Å². The molecule has 0 aromatic carbocycles. The van der Waals surface area contributed by atoms with Gasteiger partial charge in [0.15, 0.2) is 5.34 Å². The lowest BCUT2D eigenvalue weighted by molar-refractivity contribution is 0.312. The summed E-state index contributed by atoms with van der Waals surface area (Å²) in [5.41, 5.74) is 0. The van der Waals surface area contributed by atoms with Crippen molar-refractivity contribution < 1.29 is 13.6 Å². The van der Waals surface area contributed by atoms with Crippen molar-refractivity contribution in [3.63, 3.8) is 0 Å². The molecule has 0 heterocycles. The Hall–Kier alpha value is -0.780. The van der Waals surface area contributed by atoms with E-state index in [4.69, 9.17) is 18.5 Å². The number of hydrogen-bond acceptors (Lipinski definition) is 4. The second-order valence-electron chi connectivity index (χ2n) is 0.150. The van der Waals surface area contributed by atoms with Gasteiger partial charge in [0.1, 0.15) is 0 Å². The molecule has 0 atom stereocenters. The highest BCUT2D eigenvalue weighted by Gasteiger charge is 1.18. The van der Waals surface area contributed by atoms with Gasteiger partial charge in [-0.1, -0.05) is 0 Å². The predicted octanol–water partition coefficient (Wildman–Crippen LogP) is -0.528. The Morgan fingerprint density at radius 3 is 1.50 bits per heavy atom. The fourth-order valence-corrected chi connectivity index (χ4v) is 0. The smallest absolute Gasteiger partial charge is 0.335 e. The summed E-state index contributed by atoms with van der Waals surface area (Å²) in [6.45, 7) is 0. The van der Waals surface area contributed by atoms with E-state index in [1.165, 1.54) is 5.34 Å². The van der Waals surface area contributed by atoms with E-state index in [0.717, 1.165) is 0 Å². The van der Waals surface area contributed by atoms with E-state index in [2.05, 4.69) is 0 Å². The first-order chi connectivity index (χ1) is 2.83. The molecule has 36 valence electrons. The molecule has 6 heavy (non-hydrogen) atoms. The molecule has 0 saturated carbocycles. The van der Waals surface area contributed by atoms with Gasteiger partial charge in [0, 0.05) is 0 Å². The average molecular weight is 111 g/mol. The molecular weight excluding hydrogens is 110 g/mol. The van der Waals surface area contributed by atoms with Crippen LogP contribution in [0.2, 0.25) is 0 Å². The van der Waals surface area contributed by atoms with Crippen molar-refractivity contribution in [2.45, 2.75) is 0 Å². The average Bonchev–Trinajstić information content (AvgIpc) is 1.39. The molecule has 0 aromatic rings. The number of hydrogen-bond donors (Lipinski definition) is 1. The molecule has 1 N–H and O–H groups in total. The van der Waals surface area contributed by atoms with Crippen LogP contribution in [-0.2, 0) is 11.6 Å². The third-order valence-electron chi connectivity index (χ3n) is 0. The minimum atomic E-state index is -0.750. The summed E-state index contributed by atoms with van der Waals surface area (Å²) < 4.78 is 16.6. The van der Waals surface area contributed by atoms with Crippen molar-refractivity contribution in [2.24, 2.45) is 5.34 Å². The third-order valence-corrected chi connectivity index (χ3v) is 0. The lowest BCUT2D eigenvalue weighted by Gasteiger charge is -1.32. The van der Waals surface area contributed by atoms with Crippen LogP contribution in [0.5, 0.6) is 0 Å². The van der Waals surface area contributed by atoms with Gasteiger partial charge in [-0.3, -0.25) is 0 Å². The van der Waals surface area contributed by atoms with E-state index < -0.39 is 11.6 Å². The highest BCUT2D eigenvalue weighted by Crippen LogP contribution is 1.25. The maximum atomic E-state index is 8.29. The minimum Gasteiger partial charge on any atom is -0.379 e. The molecule has 0 fully saturated rings. The second kappa shape index (κ2) is 29.4. The van der Waals surface area contributed by atoms with E-state index in [1.54, 1.807) is 0 Å². The molecule has 0 amide bonds. The van der Waals surface area contributed by atoms with Gasteiger partial charge in [0.25, 0.3) is 0 Å². The zero-order valence-corrected chi connectivity index (χ0v) is 3.34. The Kier molecular flexibility index (Phi) is 43.9. The Bertz CT molecular complexity index is 52.6. The molecule has 0 bridgehead atoms. The lowest BCUT2D eigenvalue weighted by Crippen LogP contribution is -1.25. The van der Waals surface area contributed by atoms with E-state index >= 15 is 0 Å². The Labute approximate surface area is 36.5 Å². The summed E-state index contributed by atoms with van der Waals surface area (Å²) in [5.74, 6) is 0. The van der Waals surface area contributed by atoms with Crippen LogP contribution < -0.4 is 0 Å². The zero-order chi connectivity index (χ0) is 5.41. The Morgan fingerprint density at radius 2 is 1.50 bits per heavy atom. The monoisotopic (exact) mass is 111 g/mol. The van der Waals surface area contributed by atoms with Crippen LogP contribution in [0, 0.1) is 4.91 Å². The van der Waals surface area contributed by atoms with Crippen LogP contribution in [0.25, 0.3) is 0 Å². The maximum absolute atomic E-state index is 8.29. The molecule has 0 aliphatic rings. The van der Waals surface area contributed by atoms with Crippen LogP contribution in [0.4, 0.5) is 0 Å². The zero-order valence-electron chi connectivity index (χ0n) is 2.53. The summed E-state index contributed by atoms with van der Waals surface area (Å²) in [6, 6.07) is 0. The van der Waals surface area contributed by atoms with Crippen molar-refractivity contribution in [3.05, 3.63) is 4.91 Å². The van der Waals surface area contributed by atoms with Gasteiger partial charge in [-0.2, -0.15) is 8.42 Å². The normalized spacial score (nSPS) is 4.00. The van der Waals surface area contributed by atoms with Gasteiger partial charge < -0.3 is 5.21 Å². The largest absolute Gasteiger partial charge is 0.379 e. The first-order valence-corrected chi connectivity index (χ1v) is 1.38. The molecule has 0 unspecified atom stereocenters. The van der Waals surface area contributed by atoms with Crippen LogP contribution in [0.1, 0.15) is 0 Å². The van der Waals surface area contributed by atoms with Crippen molar-refractivity contribution >= 4 is 11.6 Å². The molecule has 0 spiro atoms. The fraction of sp³-hybridized carbons (Fsp3) is 0. The molecule has 0 saturated heterocycles. The molecule has 6 heteroatoms. The van der Waals surface area contributed by atoms with E-state index in [9.17, 15) is 0 Å². The SMILES string of the molecule is O=NO.O=S=O. The van der Waals surface area contributed by atoms with Crippen LogP contribution in [-0.4, -0.2) is 13.6 Å². The van der Waals surface area contributed by atoms with Crippen LogP contribution in [0.3, 0.4) is 0 Å². The van der Waals surface area contributed by atoms with Gasteiger partial charge in [-0.25, -0.2) is 0 Å². The molecule has 0 radical (unpaired) electrons. The second-order valence-corrected chi connectivity index (χ2v) is 0.286. The summed E-state index contributed by atoms with van der Waals surface area (Å²) in [4.78, 5) is 8.11. The standard InChI is InChI=1S/HNO2.O2S/c2-1-3;1-3-2/h(H,2,3);. The molecule has 0 aliphatic heterocycles. The van der Waals surface area contributed by atoms with Crippen molar-refractivity contribution in [2.75, 3.05) is 0 Å². The minimum absolute atomic E-state index is 0.750. The first-order valence-electron chi connectivity index (χ1n) is 0.716.